The van der Waals surface area contributed by atoms with Gasteiger partial charge in [0.25, 0.3) is 0 Å². The Bertz CT molecular complexity index is 176. The number of hydrogen-bond acceptors (Lipinski definition) is 0. The first-order valence-electron chi connectivity index (χ1n) is 6.44. The van der Waals surface area contributed by atoms with Crippen molar-refractivity contribution in [2.75, 3.05) is 0 Å². The Morgan fingerprint density at radius 2 is 1.29 bits per heavy atom. The van der Waals surface area contributed by atoms with E-state index in [1.165, 1.54) is 56.9 Å². The van der Waals surface area contributed by atoms with Gasteiger partial charge in [0, 0.05) is 0 Å². The summed E-state index contributed by atoms with van der Waals surface area (Å²) >= 11 is 0. The lowest BCUT2D eigenvalue weighted by molar-refractivity contribution is 0.272. The van der Waals surface area contributed by atoms with Crippen LogP contribution >= 0.6 is 0 Å². The largest absolute Gasteiger partial charge is 0.0998 e. The maximum absolute atomic E-state index is 4.24. The standard InChI is InChI=1S/C14H24/c1-11(2)14(12-7-3-4-8-12)13-9-5-6-10-13/h12-14H,1,3-10H2,2H3. The third kappa shape index (κ3) is 2.04. The quantitative estimate of drug-likeness (QED) is 0.575. The van der Waals surface area contributed by atoms with Gasteiger partial charge in [-0.15, -0.1) is 0 Å². The first kappa shape index (κ1) is 10.3. The normalized spacial score (nSPS) is 25.0. The minimum absolute atomic E-state index is 0.875. The lowest BCUT2D eigenvalue weighted by atomic mass is 9.76. The highest BCUT2D eigenvalue weighted by Gasteiger charge is 2.33. The maximum Gasteiger partial charge on any atom is -0.0152 e. The minimum atomic E-state index is 0.875. The van der Waals surface area contributed by atoms with Crippen molar-refractivity contribution >= 4 is 0 Å². The van der Waals surface area contributed by atoms with E-state index in [-0.39, 0.29) is 0 Å². The van der Waals surface area contributed by atoms with Gasteiger partial charge < -0.3 is 0 Å². The molecule has 0 unspecified atom stereocenters. The van der Waals surface area contributed by atoms with Gasteiger partial charge >= 0.3 is 0 Å². The molecule has 0 nitrogen and oxygen atoms in total. The summed E-state index contributed by atoms with van der Waals surface area (Å²) in [5.41, 5.74) is 1.48. The molecule has 2 saturated carbocycles. The summed E-state index contributed by atoms with van der Waals surface area (Å²) < 4.78 is 0. The van der Waals surface area contributed by atoms with Gasteiger partial charge in [-0.25, -0.2) is 0 Å². The summed E-state index contributed by atoms with van der Waals surface area (Å²) in [6.07, 6.45) is 11.8. The Balaban J connectivity index is 2.02. The van der Waals surface area contributed by atoms with Gasteiger partial charge in [-0.05, 0) is 50.4 Å². The zero-order valence-corrected chi connectivity index (χ0v) is 9.60. The average Bonchev–Trinajstić information content (AvgIpc) is 2.75. The van der Waals surface area contributed by atoms with Gasteiger partial charge in [0.15, 0.2) is 0 Å². The van der Waals surface area contributed by atoms with Gasteiger partial charge in [0.1, 0.15) is 0 Å². The van der Waals surface area contributed by atoms with E-state index in [0.717, 1.165) is 17.8 Å². The van der Waals surface area contributed by atoms with E-state index in [1.54, 1.807) is 0 Å². The highest BCUT2D eigenvalue weighted by atomic mass is 14.4. The van der Waals surface area contributed by atoms with Gasteiger partial charge in [0.05, 0.1) is 0 Å². The molecule has 80 valence electrons. The lowest BCUT2D eigenvalue weighted by Crippen LogP contribution is -2.20. The van der Waals surface area contributed by atoms with Crippen molar-refractivity contribution in [2.45, 2.75) is 58.3 Å². The molecule has 14 heavy (non-hydrogen) atoms. The van der Waals surface area contributed by atoms with Gasteiger partial charge in [0.2, 0.25) is 0 Å². The smallest absolute Gasteiger partial charge is 0.0152 e. The molecule has 2 fully saturated rings. The molecule has 0 aliphatic heterocycles. The summed E-state index contributed by atoms with van der Waals surface area (Å²) in [6.45, 7) is 6.51. The Morgan fingerprint density at radius 1 is 0.929 bits per heavy atom. The molecule has 2 aliphatic carbocycles. The van der Waals surface area contributed by atoms with Crippen molar-refractivity contribution in [3.8, 4) is 0 Å². The van der Waals surface area contributed by atoms with Crippen LogP contribution in [-0.4, -0.2) is 0 Å². The zero-order chi connectivity index (χ0) is 9.97. The summed E-state index contributed by atoms with van der Waals surface area (Å²) in [7, 11) is 0. The van der Waals surface area contributed by atoms with Crippen LogP contribution in [-0.2, 0) is 0 Å². The maximum atomic E-state index is 4.24. The second-order valence-electron chi connectivity index (χ2n) is 5.46. The highest BCUT2D eigenvalue weighted by Crippen LogP contribution is 2.44. The van der Waals surface area contributed by atoms with Gasteiger partial charge in [-0.1, -0.05) is 37.8 Å². The van der Waals surface area contributed by atoms with Crippen molar-refractivity contribution in [1.82, 2.24) is 0 Å². The molecule has 0 aromatic carbocycles. The van der Waals surface area contributed by atoms with Crippen molar-refractivity contribution in [3.63, 3.8) is 0 Å². The summed E-state index contributed by atoms with van der Waals surface area (Å²) in [6, 6.07) is 0. The van der Waals surface area contributed by atoms with Crippen LogP contribution in [0.3, 0.4) is 0 Å². The monoisotopic (exact) mass is 192 g/mol. The van der Waals surface area contributed by atoms with Gasteiger partial charge in [-0.2, -0.15) is 0 Å². The van der Waals surface area contributed by atoms with Crippen molar-refractivity contribution < 1.29 is 0 Å². The Kier molecular flexibility index (Phi) is 3.30. The molecule has 0 bridgehead atoms. The molecule has 2 aliphatic rings. The van der Waals surface area contributed by atoms with Crippen LogP contribution in [0.1, 0.15) is 58.3 Å². The molecule has 0 radical (unpaired) electrons. The third-order valence-electron chi connectivity index (χ3n) is 4.38. The van der Waals surface area contributed by atoms with Crippen LogP contribution in [0.2, 0.25) is 0 Å². The number of rotatable bonds is 3. The number of hydrogen-bond donors (Lipinski definition) is 0. The predicted molar refractivity (Wildman–Crippen MR) is 62.2 cm³/mol. The SMILES string of the molecule is C=C(C)C(C1CCCC1)C1CCCC1. The molecular weight excluding hydrogens is 168 g/mol. The third-order valence-corrected chi connectivity index (χ3v) is 4.38. The molecule has 0 aromatic rings. The fraction of sp³-hybridized carbons (Fsp3) is 0.857. The Hall–Kier alpha value is -0.260. The predicted octanol–water partition coefficient (Wildman–Crippen LogP) is 4.56. The average molecular weight is 192 g/mol. The molecule has 2 rings (SSSR count). The van der Waals surface area contributed by atoms with Crippen LogP contribution in [0.4, 0.5) is 0 Å². The van der Waals surface area contributed by atoms with E-state index >= 15 is 0 Å². The van der Waals surface area contributed by atoms with Gasteiger partial charge in [-0.3, -0.25) is 0 Å². The molecule has 0 heteroatoms. The van der Waals surface area contributed by atoms with Crippen LogP contribution in [0.15, 0.2) is 12.2 Å². The van der Waals surface area contributed by atoms with Crippen LogP contribution in [0.5, 0.6) is 0 Å². The van der Waals surface area contributed by atoms with E-state index < -0.39 is 0 Å². The zero-order valence-electron chi connectivity index (χ0n) is 9.60. The number of allylic oxidation sites excluding steroid dienone is 1. The van der Waals surface area contributed by atoms with E-state index in [2.05, 4.69) is 13.5 Å². The Morgan fingerprint density at radius 3 is 1.57 bits per heavy atom. The summed E-state index contributed by atoms with van der Waals surface area (Å²) in [5.74, 6) is 2.87. The molecule has 0 saturated heterocycles. The van der Waals surface area contributed by atoms with E-state index in [0.29, 0.717) is 0 Å². The second kappa shape index (κ2) is 4.51. The van der Waals surface area contributed by atoms with Crippen LogP contribution in [0, 0.1) is 17.8 Å². The Labute approximate surface area is 88.8 Å². The van der Waals surface area contributed by atoms with E-state index in [4.69, 9.17) is 0 Å². The molecule has 0 amide bonds. The molecule has 0 atom stereocenters. The molecule has 0 aromatic heterocycles. The summed E-state index contributed by atoms with van der Waals surface area (Å²) in [5, 5.41) is 0. The molecule has 0 spiro atoms. The highest BCUT2D eigenvalue weighted by molar-refractivity contribution is 5.03. The van der Waals surface area contributed by atoms with E-state index in [9.17, 15) is 0 Å². The van der Waals surface area contributed by atoms with Crippen molar-refractivity contribution in [2.24, 2.45) is 17.8 Å². The second-order valence-corrected chi connectivity index (χ2v) is 5.46. The molecule has 0 N–H and O–H groups in total. The summed E-state index contributed by atoms with van der Waals surface area (Å²) in [4.78, 5) is 0. The van der Waals surface area contributed by atoms with E-state index in [1.807, 2.05) is 0 Å². The van der Waals surface area contributed by atoms with Crippen LogP contribution in [0.25, 0.3) is 0 Å². The van der Waals surface area contributed by atoms with Crippen LogP contribution < -0.4 is 0 Å². The topological polar surface area (TPSA) is 0 Å². The fourth-order valence-electron chi connectivity index (χ4n) is 3.82. The first-order valence-corrected chi connectivity index (χ1v) is 6.44. The van der Waals surface area contributed by atoms with Crippen molar-refractivity contribution in [1.29, 1.82) is 0 Å². The molecular formula is C14H24. The lowest BCUT2D eigenvalue weighted by Gasteiger charge is -2.29. The minimum Gasteiger partial charge on any atom is -0.0998 e. The fourth-order valence-corrected chi connectivity index (χ4v) is 3.82. The molecule has 0 heterocycles. The van der Waals surface area contributed by atoms with Crippen molar-refractivity contribution in [3.05, 3.63) is 12.2 Å². The first-order chi connectivity index (χ1) is 6.79.